The molecule has 0 bridgehead atoms. The van der Waals surface area contributed by atoms with Crippen LogP contribution in [0.4, 0.5) is 5.69 Å². The van der Waals surface area contributed by atoms with E-state index in [0.717, 1.165) is 17.6 Å². The van der Waals surface area contributed by atoms with Crippen LogP contribution < -0.4 is 10.1 Å². The van der Waals surface area contributed by atoms with Crippen molar-refractivity contribution < 1.29 is 4.74 Å². The van der Waals surface area contributed by atoms with Gasteiger partial charge in [0.15, 0.2) is 0 Å². The molecule has 1 aromatic carbocycles. The van der Waals surface area contributed by atoms with Gasteiger partial charge in [0.1, 0.15) is 5.75 Å². The molecule has 0 spiro atoms. The molecule has 1 N–H and O–H groups in total. The van der Waals surface area contributed by atoms with E-state index in [1.807, 2.05) is 0 Å². The Morgan fingerprint density at radius 1 is 1.24 bits per heavy atom. The van der Waals surface area contributed by atoms with E-state index in [1.54, 1.807) is 7.11 Å². The summed E-state index contributed by atoms with van der Waals surface area (Å²) in [5.74, 6) is 2.73. The van der Waals surface area contributed by atoms with Gasteiger partial charge in [-0.3, -0.25) is 0 Å². The van der Waals surface area contributed by atoms with E-state index in [2.05, 4.69) is 45.1 Å². The van der Waals surface area contributed by atoms with Crippen molar-refractivity contribution in [2.45, 2.75) is 65.8 Å². The van der Waals surface area contributed by atoms with Gasteiger partial charge >= 0.3 is 0 Å². The van der Waals surface area contributed by atoms with E-state index in [4.69, 9.17) is 4.74 Å². The summed E-state index contributed by atoms with van der Waals surface area (Å²) in [4.78, 5) is 0. The first kappa shape index (κ1) is 16.2. The molecule has 0 aliphatic heterocycles. The SMILES string of the molecule is COc1c(C)ccc(NC2CCCC(CC(C)C)C2)c1C. The number of ether oxygens (including phenoxy) is 1. The second-order valence-electron chi connectivity index (χ2n) is 7.09. The van der Waals surface area contributed by atoms with Crippen LogP contribution in [0.5, 0.6) is 5.75 Å². The van der Waals surface area contributed by atoms with Crippen LogP contribution >= 0.6 is 0 Å². The largest absolute Gasteiger partial charge is 0.496 e. The van der Waals surface area contributed by atoms with Gasteiger partial charge in [0.25, 0.3) is 0 Å². The van der Waals surface area contributed by atoms with E-state index < -0.39 is 0 Å². The van der Waals surface area contributed by atoms with Gasteiger partial charge in [0, 0.05) is 17.3 Å². The Balaban J connectivity index is 2.04. The zero-order valence-corrected chi connectivity index (χ0v) is 14.3. The van der Waals surface area contributed by atoms with E-state index in [-0.39, 0.29) is 0 Å². The summed E-state index contributed by atoms with van der Waals surface area (Å²) in [6.07, 6.45) is 6.75. The van der Waals surface area contributed by atoms with E-state index in [0.29, 0.717) is 6.04 Å². The molecule has 2 heteroatoms. The molecule has 0 saturated heterocycles. The molecule has 0 amide bonds. The van der Waals surface area contributed by atoms with Crippen molar-refractivity contribution in [2.75, 3.05) is 12.4 Å². The average molecular weight is 289 g/mol. The molecule has 21 heavy (non-hydrogen) atoms. The van der Waals surface area contributed by atoms with Gasteiger partial charge in [0.2, 0.25) is 0 Å². The molecule has 2 nitrogen and oxygen atoms in total. The van der Waals surface area contributed by atoms with Crippen LogP contribution in [0.1, 0.15) is 57.1 Å². The second-order valence-corrected chi connectivity index (χ2v) is 7.09. The molecule has 1 aromatic rings. The minimum atomic E-state index is 0.619. The summed E-state index contributed by atoms with van der Waals surface area (Å²) < 4.78 is 5.54. The maximum Gasteiger partial charge on any atom is 0.126 e. The standard InChI is InChI=1S/C19H31NO/c1-13(2)11-16-7-6-8-17(12-16)20-18-10-9-14(3)19(21-5)15(18)4/h9-10,13,16-17,20H,6-8,11-12H2,1-5H3. The Labute approximate surface area is 130 Å². The topological polar surface area (TPSA) is 21.3 Å². The van der Waals surface area contributed by atoms with Gasteiger partial charge in [0.05, 0.1) is 7.11 Å². The van der Waals surface area contributed by atoms with E-state index in [1.165, 1.54) is 48.9 Å². The lowest BCUT2D eigenvalue weighted by Crippen LogP contribution is -2.28. The summed E-state index contributed by atoms with van der Waals surface area (Å²) in [6.45, 7) is 8.94. The van der Waals surface area contributed by atoms with E-state index in [9.17, 15) is 0 Å². The van der Waals surface area contributed by atoms with Crippen LogP contribution in [-0.2, 0) is 0 Å². The number of hydrogen-bond acceptors (Lipinski definition) is 2. The number of anilines is 1. The van der Waals surface area contributed by atoms with E-state index >= 15 is 0 Å². The molecular weight excluding hydrogens is 258 g/mol. The van der Waals surface area contributed by atoms with Crippen molar-refractivity contribution in [1.29, 1.82) is 0 Å². The lowest BCUT2D eigenvalue weighted by molar-refractivity contribution is 0.289. The fraction of sp³-hybridized carbons (Fsp3) is 0.684. The van der Waals surface area contributed by atoms with Crippen molar-refractivity contribution in [3.63, 3.8) is 0 Å². The van der Waals surface area contributed by atoms with Crippen molar-refractivity contribution in [3.8, 4) is 5.75 Å². The van der Waals surface area contributed by atoms with Gasteiger partial charge in [-0.15, -0.1) is 0 Å². The molecule has 0 heterocycles. The molecular formula is C19H31NO. The van der Waals surface area contributed by atoms with Gasteiger partial charge in [-0.25, -0.2) is 0 Å². The smallest absolute Gasteiger partial charge is 0.126 e. The molecule has 2 rings (SSSR count). The molecule has 1 aliphatic carbocycles. The highest BCUT2D eigenvalue weighted by molar-refractivity contribution is 5.60. The maximum absolute atomic E-state index is 5.54. The monoisotopic (exact) mass is 289 g/mol. The molecule has 1 aliphatic rings. The Bertz CT molecular complexity index is 467. The Morgan fingerprint density at radius 3 is 2.67 bits per heavy atom. The van der Waals surface area contributed by atoms with Crippen LogP contribution in [0.3, 0.4) is 0 Å². The Hall–Kier alpha value is -1.18. The number of aryl methyl sites for hydroxylation is 1. The summed E-state index contributed by atoms with van der Waals surface area (Å²) >= 11 is 0. The minimum Gasteiger partial charge on any atom is -0.496 e. The predicted octanol–water partition coefficient (Wildman–Crippen LogP) is 5.33. The molecule has 1 fully saturated rings. The zero-order valence-electron chi connectivity index (χ0n) is 14.3. The fourth-order valence-electron chi connectivity index (χ4n) is 3.82. The average Bonchev–Trinajstić information content (AvgIpc) is 2.42. The van der Waals surface area contributed by atoms with Crippen molar-refractivity contribution in [2.24, 2.45) is 11.8 Å². The first-order chi connectivity index (χ1) is 10.0. The van der Waals surface area contributed by atoms with Crippen molar-refractivity contribution in [3.05, 3.63) is 23.3 Å². The molecule has 1 saturated carbocycles. The van der Waals surface area contributed by atoms with Crippen molar-refractivity contribution in [1.82, 2.24) is 0 Å². The first-order valence-electron chi connectivity index (χ1n) is 8.42. The molecule has 2 atom stereocenters. The number of methoxy groups -OCH3 is 1. The molecule has 0 aromatic heterocycles. The number of nitrogens with one attached hydrogen (secondary N) is 1. The minimum absolute atomic E-state index is 0.619. The van der Waals surface area contributed by atoms with Gasteiger partial charge in [-0.05, 0) is 56.6 Å². The highest BCUT2D eigenvalue weighted by Gasteiger charge is 2.23. The quantitative estimate of drug-likeness (QED) is 0.791. The van der Waals surface area contributed by atoms with Gasteiger partial charge in [-0.1, -0.05) is 32.8 Å². The molecule has 0 radical (unpaired) electrons. The van der Waals surface area contributed by atoms with Crippen LogP contribution in [0.15, 0.2) is 12.1 Å². The summed E-state index contributed by atoms with van der Waals surface area (Å²) in [5, 5.41) is 3.77. The first-order valence-corrected chi connectivity index (χ1v) is 8.42. The van der Waals surface area contributed by atoms with Crippen LogP contribution in [0, 0.1) is 25.7 Å². The third-order valence-corrected chi connectivity index (χ3v) is 4.75. The van der Waals surface area contributed by atoms with Gasteiger partial charge in [-0.2, -0.15) is 0 Å². The number of benzene rings is 1. The van der Waals surface area contributed by atoms with Gasteiger partial charge < -0.3 is 10.1 Å². The number of rotatable bonds is 5. The maximum atomic E-state index is 5.54. The Kier molecular flexibility index (Phi) is 5.55. The lowest BCUT2D eigenvalue weighted by Gasteiger charge is -2.32. The van der Waals surface area contributed by atoms with Crippen molar-refractivity contribution >= 4 is 5.69 Å². The number of hydrogen-bond donors (Lipinski definition) is 1. The normalized spacial score (nSPS) is 22.4. The highest BCUT2D eigenvalue weighted by atomic mass is 16.5. The third-order valence-electron chi connectivity index (χ3n) is 4.75. The summed E-state index contributed by atoms with van der Waals surface area (Å²) in [6, 6.07) is 4.98. The molecule has 2 unspecified atom stereocenters. The van der Waals surface area contributed by atoms with Crippen LogP contribution in [0.25, 0.3) is 0 Å². The van der Waals surface area contributed by atoms with Crippen LogP contribution in [0.2, 0.25) is 0 Å². The molecule has 118 valence electrons. The second kappa shape index (κ2) is 7.20. The van der Waals surface area contributed by atoms with Crippen LogP contribution in [-0.4, -0.2) is 13.2 Å². The summed E-state index contributed by atoms with van der Waals surface area (Å²) in [5.41, 5.74) is 3.69. The third kappa shape index (κ3) is 4.15. The summed E-state index contributed by atoms with van der Waals surface area (Å²) in [7, 11) is 1.76. The highest BCUT2D eigenvalue weighted by Crippen LogP contribution is 2.34. The fourth-order valence-corrected chi connectivity index (χ4v) is 3.82. The lowest BCUT2D eigenvalue weighted by atomic mass is 9.81. The Morgan fingerprint density at radius 2 is 2.00 bits per heavy atom. The predicted molar refractivity (Wildman–Crippen MR) is 91.3 cm³/mol. The zero-order chi connectivity index (χ0) is 15.4.